The lowest BCUT2D eigenvalue weighted by Crippen LogP contribution is -2.39. The number of rotatable bonds is 5. The molecule has 0 radical (unpaired) electrons. The maximum Gasteiger partial charge on any atom is 0.296 e. The lowest BCUT2D eigenvalue weighted by atomic mass is 9.81. The molecule has 0 bridgehead atoms. The van der Waals surface area contributed by atoms with Gasteiger partial charge in [-0.2, -0.15) is 8.42 Å². The van der Waals surface area contributed by atoms with Crippen LogP contribution < -0.4 is 0 Å². The van der Waals surface area contributed by atoms with Gasteiger partial charge in [-0.25, -0.2) is 4.39 Å². The number of likely N-dealkylation sites (tertiary alicyclic amines) is 1. The van der Waals surface area contributed by atoms with Gasteiger partial charge in [-0.15, -0.1) is 0 Å². The van der Waals surface area contributed by atoms with Gasteiger partial charge in [0.2, 0.25) is 0 Å². The fourth-order valence-electron chi connectivity index (χ4n) is 3.48. The van der Waals surface area contributed by atoms with E-state index in [4.69, 9.17) is 4.18 Å². The second-order valence-corrected chi connectivity index (χ2v) is 8.64. The second kappa shape index (κ2) is 7.86. The van der Waals surface area contributed by atoms with Crippen molar-refractivity contribution in [2.75, 3.05) is 26.7 Å². The Kier molecular flexibility index (Phi) is 5.75. The molecular formula is C20H24FNO3S. The standard InChI is InChI=1S/C20H24FNO3S/c1-15-3-9-19(10-4-15)26(23,24)25-14-17-13-22(2)12-11-20(17)16-5-7-18(21)8-6-16/h3-10,17,20H,11-14H2,1-2H3/t17-,20-/m1/s1. The molecule has 0 N–H and O–H groups in total. The van der Waals surface area contributed by atoms with Crippen LogP contribution in [0.3, 0.4) is 0 Å². The molecule has 6 heteroatoms. The molecule has 0 unspecified atom stereocenters. The summed E-state index contributed by atoms with van der Waals surface area (Å²) in [6.07, 6.45) is 0.890. The zero-order valence-corrected chi connectivity index (χ0v) is 15.9. The molecule has 26 heavy (non-hydrogen) atoms. The second-order valence-electron chi connectivity index (χ2n) is 7.02. The normalized spacial score (nSPS) is 21.7. The van der Waals surface area contributed by atoms with Crippen molar-refractivity contribution in [1.82, 2.24) is 4.90 Å². The van der Waals surface area contributed by atoms with Gasteiger partial charge in [0.25, 0.3) is 10.1 Å². The summed E-state index contributed by atoms with van der Waals surface area (Å²) in [6, 6.07) is 13.1. The summed E-state index contributed by atoms with van der Waals surface area (Å²) in [5.74, 6) is -0.0871. The lowest BCUT2D eigenvalue weighted by Gasteiger charge is -2.36. The predicted molar refractivity (Wildman–Crippen MR) is 99.1 cm³/mol. The topological polar surface area (TPSA) is 46.6 Å². The number of aryl methyl sites for hydroxylation is 1. The monoisotopic (exact) mass is 377 g/mol. The highest BCUT2D eigenvalue weighted by molar-refractivity contribution is 7.86. The van der Waals surface area contributed by atoms with E-state index in [9.17, 15) is 12.8 Å². The maximum atomic E-state index is 13.2. The molecule has 2 aromatic carbocycles. The van der Waals surface area contributed by atoms with Crippen LogP contribution in [0.1, 0.15) is 23.5 Å². The van der Waals surface area contributed by atoms with Gasteiger partial charge in [-0.05, 0) is 62.7 Å². The first-order chi connectivity index (χ1) is 12.3. The van der Waals surface area contributed by atoms with Gasteiger partial charge >= 0.3 is 0 Å². The minimum Gasteiger partial charge on any atom is -0.306 e. The molecule has 0 saturated carbocycles. The van der Waals surface area contributed by atoms with Crippen LogP contribution in [0, 0.1) is 18.7 Å². The average Bonchev–Trinajstić information content (AvgIpc) is 2.61. The first-order valence-corrected chi connectivity index (χ1v) is 10.2. The van der Waals surface area contributed by atoms with E-state index >= 15 is 0 Å². The number of hydrogen-bond donors (Lipinski definition) is 0. The Hall–Kier alpha value is -1.76. The minimum atomic E-state index is -3.78. The van der Waals surface area contributed by atoms with Crippen LogP contribution in [0.15, 0.2) is 53.4 Å². The van der Waals surface area contributed by atoms with Crippen molar-refractivity contribution in [3.8, 4) is 0 Å². The van der Waals surface area contributed by atoms with E-state index in [1.165, 1.54) is 12.1 Å². The van der Waals surface area contributed by atoms with Crippen molar-refractivity contribution >= 4 is 10.1 Å². The van der Waals surface area contributed by atoms with E-state index in [0.717, 1.165) is 30.6 Å². The van der Waals surface area contributed by atoms with Gasteiger partial charge in [0.15, 0.2) is 0 Å². The molecule has 1 saturated heterocycles. The lowest BCUT2D eigenvalue weighted by molar-refractivity contribution is 0.132. The Morgan fingerprint density at radius 1 is 1.12 bits per heavy atom. The summed E-state index contributed by atoms with van der Waals surface area (Å²) in [6.45, 7) is 3.68. The van der Waals surface area contributed by atoms with E-state index in [-0.39, 0.29) is 29.2 Å². The Morgan fingerprint density at radius 2 is 1.77 bits per heavy atom. The van der Waals surface area contributed by atoms with Crippen LogP contribution in [0.2, 0.25) is 0 Å². The quantitative estimate of drug-likeness (QED) is 0.748. The maximum absolute atomic E-state index is 13.2. The van der Waals surface area contributed by atoms with Gasteiger partial charge < -0.3 is 4.90 Å². The molecule has 0 spiro atoms. The zero-order valence-electron chi connectivity index (χ0n) is 15.1. The predicted octanol–water partition coefficient (Wildman–Crippen LogP) is 3.57. The van der Waals surface area contributed by atoms with Gasteiger partial charge in [0.1, 0.15) is 5.82 Å². The van der Waals surface area contributed by atoms with Gasteiger partial charge in [0, 0.05) is 12.5 Å². The highest BCUT2D eigenvalue weighted by atomic mass is 32.2. The highest BCUT2D eigenvalue weighted by Crippen LogP contribution is 2.33. The smallest absolute Gasteiger partial charge is 0.296 e. The van der Waals surface area contributed by atoms with Crippen LogP contribution in [-0.4, -0.2) is 40.1 Å². The molecule has 0 aromatic heterocycles. The third kappa shape index (κ3) is 4.50. The Balaban J connectivity index is 1.74. The van der Waals surface area contributed by atoms with E-state index < -0.39 is 10.1 Å². The first kappa shape index (κ1) is 19.0. The third-order valence-electron chi connectivity index (χ3n) is 4.98. The van der Waals surface area contributed by atoms with Gasteiger partial charge in [-0.1, -0.05) is 29.8 Å². The summed E-state index contributed by atoms with van der Waals surface area (Å²) in [7, 11) is -1.77. The number of piperidine rings is 1. The fourth-order valence-corrected chi connectivity index (χ4v) is 4.44. The van der Waals surface area contributed by atoms with E-state index in [1.807, 2.05) is 14.0 Å². The first-order valence-electron chi connectivity index (χ1n) is 8.75. The Morgan fingerprint density at radius 3 is 2.42 bits per heavy atom. The molecule has 2 atom stereocenters. The zero-order chi connectivity index (χ0) is 18.7. The van der Waals surface area contributed by atoms with E-state index in [0.29, 0.717) is 0 Å². The Bertz CT molecular complexity index is 834. The average molecular weight is 377 g/mol. The van der Waals surface area contributed by atoms with Crippen molar-refractivity contribution < 1.29 is 17.0 Å². The number of benzene rings is 2. The molecular weight excluding hydrogens is 353 g/mol. The number of halogens is 1. The largest absolute Gasteiger partial charge is 0.306 e. The Labute approximate surface area is 154 Å². The highest BCUT2D eigenvalue weighted by Gasteiger charge is 2.31. The summed E-state index contributed by atoms with van der Waals surface area (Å²) >= 11 is 0. The van der Waals surface area contributed by atoms with Crippen molar-refractivity contribution in [1.29, 1.82) is 0 Å². The molecule has 140 valence electrons. The van der Waals surface area contributed by atoms with Crippen LogP contribution in [0.4, 0.5) is 4.39 Å². The summed E-state index contributed by atoms with van der Waals surface area (Å²) < 4.78 is 43.6. The summed E-state index contributed by atoms with van der Waals surface area (Å²) in [5.41, 5.74) is 2.02. The molecule has 1 aliphatic rings. The van der Waals surface area contributed by atoms with Crippen molar-refractivity contribution in [3.05, 3.63) is 65.5 Å². The van der Waals surface area contributed by atoms with Crippen molar-refractivity contribution in [3.63, 3.8) is 0 Å². The van der Waals surface area contributed by atoms with Gasteiger partial charge in [0.05, 0.1) is 11.5 Å². The van der Waals surface area contributed by atoms with Gasteiger partial charge in [-0.3, -0.25) is 4.18 Å². The van der Waals surface area contributed by atoms with Crippen LogP contribution in [0.5, 0.6) is 0 Å². The molecule has 0 amide bonds. The third-order valence-corrected chi connectivity index (χ3v) is 6.28. The summed E-state index contributed by atoms with van der Waals surface area (Å²) in [4.78, 5) is 2.35. The summed E-state index contributed by atoms with van der Waals surface area (Å²) in [5, 5.41) is 0. The minimum absolute atomic E-state index is 0.0273. The molecule has 2 aromatic rings. The number of hydrogen-bond acceptors (Lipinski definition) is 4. The molecule has 3 rings (SSSR count). The molecule has 4 nitrogen and oxygen atoms in total. The van der Waals surface area contributed by atoms with E-state index in [1.54, 1.807) is 36.4 Å². The van der Waals surface area contributed by atoms with Crippen molar-refractivity contribution in [2.24, 2.45) is 5.92 Å². The van der Waals surface area contributed by atoms with Crippen molar-refractivity contribution in [2.45, 2.75) is 24.2 Å². The molecule has 1 heterocycles. The molecule has 0 aliphatic carbocycles. The van der Waals surface area contributed by atoms with E-state index in [2.05, 4.69) is 4.90 Å². The van der Waals surface area contributed by atoms with Crippen LogP contribution >= 0.6 is 0 Å². The fraction of sp³-hybridized carbons (Fsp3) is 0.400. The number of nitrogens with zero attached hydrogens (tertiary/aromatic N) is 1. The molecule has 1 aliphatic heterocycles. The molecule has 1 fully saturated rings. The SMILES string of the molecule is Cc1ccc(S(=O)(=O)OC[C@H]2CN(C)CC[C@@H]2c2ccc(F)cc2)cc1. The van der Waals surface area contributed by atoms with Crippen LogP contribution in [0.25, 0.3) is 0 Å². The van der Waals surface area contributed by atoms with Crippen LogP contribution in [-0.2, 0) is 14.3 Å².